The number of sulfone groups is 1. The summed E-state index contributed by atoms with van der Waals surface area (Å²) >= 11 is 5.70. The molecule has 27 heteroatoms. The Labute approximate surface area is 587 Å². The molecule has 0 bridgehead atoms. The number of primary amides is 3. The van der Waals surface area contributed by atoms with Gasteiger partial charge in [-0.25, -0.2) is 12.8 Å². The number of methoxy groups -OCH3 is 1. The van der Waals surface area contributed by atoms with Crippen molar-refractivity contribution in [3.05, 3.63) is 224 Å². The predicted molar refractivity (Wildman–Crippen MR) is 378 cm³/mol. The van der Waals surface area contributed by atoms with Crippen LogP contribution in [0.1, 0.15) is 87.7 Å². The third-order valence-electron chi connectivity index (χ3n) is 17.0. The Morgan fingerprint density at radius 2 is 0.802 bits per heavy atom. The van der Waals surface area contributed by atoms with Crippen LogP contribution in [0.2, 0.25) is 5.02 Å². The first-order valence-electron chi connectivity index (χ1n) is 32.1. The topological polar surface area (TPSA) is 315 Å². The molecule has 9 aromatic rings. The van der Waals surface area contributed by atoms with E-state index in [4.69, 9.17) is 47.7 Å². The zero-order valence-corrected chi connectivity index (χ0v) is 57.0. The molecule has 0 saturated carbocycles. The lowest BCUT2D eigenvalue weighted by molar-refractivity contribution is -0.128. The summed E-state index contributed by atoms with van der Waals surface area (Å²) in [5.41, 5.74) is 21.3. The summed E-state index contributed by atoms with van der Waals surface area (Å²) in [4.78, 5) is 77.8. The number of rotatable bonds is 20. The van der Waals surface area contributed by atoms with Crippen molar-refractivity contribution in [2.75, 3.05) is 52.6 Å². The van der Waals surface area contributed by atoms with Gasteiger partial charge in [0.25, 0.3) is 17.7 Å². The quantitative estimate of drug-likeness (QED) is 0.0597. The van der Waals surface area contributed by atoms with Crippen LogP contribution in [0.15, 0.2) is 201 Å². The zero-order valence-electron chi connectivity index (χ0n) is 55.4. The normalized spacial score (nSPS) is 15.8. The Kier molecular flexibility index (Phi) is 23.1. The lowest BCUT2D eigenvalue weighted by Crippen LogP contribution is -2.40. The molecule has 3 aromatic heterocycles. The van der Waals surface area contributed by atoms with E-state index in [1.807, 2.05) is 48.5 Å². The Morgan fingerprint density at radius 1 is 0.485 bits per heavy atom. The van der Waals surface area contributed by atoms with Crippen LogP contribution in [0.25, 0.3) is 33.8 Å². The van der Waals surface area contributed by atoms with Crippen LogP contribution < -0.4 is 36.1 Å². The second-order valence-corrected chi connectivity index (χ2v) is 26.4. The standard InChI is InChI=1S/C25H26N4O5S.C25H26N4O4.C24H22ClFN4O3/c1-3-23(30)28-13-5-6-18(15-28)29-16-22(25(26)31)24(27-29)17-9-11-19(12-10-17)34-20-7-4-8-21(14-20)35(2,32)33;1-3-23(30)28-14-4-5-18(15-28)29-16-22(25(26)31)24(27-29)17-6-8-20(9-7-17)33-21-12-10-19(32-2)11-13-21;1-2-22(31)29-11-3-4-16(13-29)30-14-19(24(27)32)23(28-30)15-5-7-17(8-6-15)33-18-9-10-20(25)21(26)12-18/h3-4,7-12,14,16,18H,1,5-6,13,15H2,2H3,(H2,26,31);3,6-13,16,18H,1,4-5,14-15H2,2H3,(H2,26,31);2,5-10,12,14,16H,1,3-4,11,13H2,(H2,27,32)/t2*18-;16-/m111/s1. The zero-order chi connectivity index (χ0) is 72.1. The van der Waals surface area contributed by atoms with E-state index in [2.05, 4.69) is 35.0 Å². The molecule has 101 heavy (non-hydrogen) atoms. The average Bonchev–Trinajstić information content (AvgIpc) is 1.66. The number of hydrogen-bond acceptors (Lipinski definition) is 15. The fraction of sp³-hybridized carbons (Fsp3) is 0.230. The van der Waals surface area contributed by atoms with Gasteiger partial charge in [-0.15, -0.1) is 0 Å². The number of amides is 6. The van der Waals surface area contributed by atoms with Gasteiger partial charge in [-0.2, -0.15) is 15.3 Å². The van der Waals surface area contributed by atoms with Crippen LogP contribution in [-0.2, 0) is 24.2 Å². The molecule has 0 radical (unpaired) electrons. The second-order valence-electron chi connectivity index (χ2n) is 23.9. The van der Waals surface area contributed by atoms with Gasteiger partial charge in [-0.3, -0.25) is 42.8 Å². The number of carbonyl (C=O) groups excluding carboxylic acids is 6. The van der Waals surface area contributed by atoms with Crippen molar-refractivity contribution in [3.8, 4) is 74.0 Å². The molecule has 24 nitrogen and oxygen atoms in total. The third-order valence-corrected chi connectivity index (χ3v) is 18.5. The SMILES string of the molecule is C=CC(=O)N1CCC[C@@H](n2cc(C(N)=O)c(-c3ccc(Oc4ccc(Cl)c(F)c4)cc3)n2)C1.C=CC(=O)N1CCC[C@@H](n2cc(C(N)=O)c(-c3ccc(Oc4ccc(OC)cc4)cc3)n2)C1.C=CC(=O)N1CCC[C@@H](n2cc(C(N)=O)c(-c3ccc(Oc4cccc(S(C)(=O)=O)c4)cc3)n2)C1. The van der Waals surface area contributed by atoms with Crippen molar-refractivity contribution >= 4 is 56.9 Å². The van der Waals surface area contributed by atoms with Crippen molar-refractivity contribution in [2.24, 2.45) is 17.2 Å². The van der Waals surface area contributed by atoms with Crippen molar-refractivity contribution in [1.29, 1.82) is 0 Å². The number of aromatic nitrogens is 6. The molecule has 6 aromatic carbocycles. The van der Waals surface area contributed by atoms with E-state index in [1.165, 1.54) is 42.5 Å². The minimum atomic E-state index is -3.35. The van der Waals surface area contributed by atoms with Crippen LogP contribution in [0, 0.1) is 5.82 Å². The molecule has 522 valence electrons. The minimum Gasteiger partial charge on any atom is -0.497 e. The molecule has 6 amide bonds. The summed E-state index contributed by atoms with van der Waals surface area (Å²) < 4.78 is 64.9. The highest BCUT2D eigenvalue weighted by Gasteiger charge is 2.30. The first-order valence-corrected chi connectivity index (χ1v) is 34.4. The smallest absolute Gasteiger partial charge is 0.252 e. The predicted octanol–water partition coefficient (Wildman–Crippen LogP) is 11.6. The van der Waals surface area contributed by atoms with Crippen LogP contribution in [-0.4, -0.2) is 141 Å². The van der Waals surface area contributed by atoms with Gasteiger partial charge in [0.1, 0.15) is 63.1 Å². The van der Waals surface area contributed by atoms with Crippen LogP contribution in [0.4, 0.5) is 4.39 Å². The van der Waals surface area contributed by atoms with Gasteiger partial charge in [0.15, 0.2) is 9.84 Å². The highest BCUT2D eigenvalue weighted by molar-refractivity contribution is 7.90. The Hall–Kier alpha value is -11.6. The van der Waals surface area contributed by atoms with E-state index >= 15 is 0 Å². The van der Waals surface area contributed by atoms with Gasteiger partial charge in [-0.1, -0.05) is 37.4 Å². The average molecular weight is 1410 g/mol. The number of hydrogen-bond donors (Lipinski definition) is 3. The maximum Gasteiger partial charge on any atom is 0.252 e. The summed E-state index contributed by atoms with van der Waals surface area (Å²) in [6.45, 7) is 14.1. The van der Waals surface area contributed by atoms with Crippen molar-refractivity contribution in [2.45, 2.75) is 61.5 Å². The summed E-state index contributed by atoms with van der Waals surface area (Å²) in [6, 6.07) is 38.6. The van der Waals surface area contributed by atoms with E-state index in [0.717, 1.165) is 56.1 Å². The van der Waals surface area contributed by atoms with Crippen molar-refractivity contribution in [1.82, 2.24) is 44.0 Å². The molecule has 3 aliphatic rings. The highest BCUT2D eigenvalue weighted by Crippen LogP contribution is 2.35. The molecule has 3 aliphatic heterocycles. The van der Waals surface area contributed by atoms with Gasteiger partial charge in [0.05, 0.1) is 51.8 Å². The molecular weight excluding hydrogens is 1340 g/mol. The Morgan fingerprint density at radius 3 is 1.12 bits per heavy atom. The van der Waals surface area contributed by atoms with Crippen molar-refractivity contribution in [3.63, 3.8) is 0 Å². The van der Waals surface area contributed by atoms with Gasteiger partial charge >= 0.3 is 0 Å². The Bertz CT molecular complexity index is 4680. The number of likely N-dealkylation sites (tertiary alicyclic amines) is 3. The second kappa shape index (κ2) is 32.4. The van der Waals surface area contributed by atoms with Crippen LogP contribution in [0.3, 0.4) is 0 Å². The number of benzene rings is 6. The summed E-state index contributed by atoms with van der Waals surface area (Å²) in [5.74, 6) is 1.07. The molecule has 3 fully saturated rings. The molecule has 3 atom stereocenters. The summed E-state index contributed by atoms with van der Waals surface area (Å²) in [6.07, 6.45) is 15.0. The maximum absolute atomic E-state index is 13.6. The van der Waals surface area contributed by atoms with Gasteiger partial charge in [0, 0.05) is 86.9 Å². The molecule has 0 spiro atoms. The van der Waals surface area contributed by atoms with E-state index in [0.29, 0.717) is 108 Å². The highest BCUT2D eigenvalue weighted by atomic mass is 35.5. The largest absolute Gasteiger partial charge is 0.497 e. The molecule has 12 rings (SSSR count). The number of nitrogens with zero attached hydrogens (tertiary/aromatic N) is 9. The van der Waals surface area contributed by atoms with Gasteiger partial charge in [-0.05, 0) is 184 Å². The summed E-state index contributed by atoms with van der Waals surface area (Å²) in [7, 11) is -1.74. The number of carbonyl (C=O) groups is 6. The summed E-state index contributed by atoms with van der Waals surface area (Å²) in [5, 5.41) is 14.0. The lowest BCUT2D eigenvalue weighted by Gasteiger charge is -2.32. The van der Waals surface area contributed by atoms with Gasteiger partial charge < -0.3 is 50.8 Å². The number of ether oxygens (including phenoxy) is 4. The minimum absolute atomic E-state index is 0.0159. The van der Waals surface area contributed by atoms with Crippen molar-refractivity contribution < 1.29 is 60.5 Å². The number of nitrogens with two attached hydrogens (primary N) is 3. The lowest BCUT2D eigenvalue weighted by atomic mass is 10.1. The van der Waals surface area contributed by atoms with E-state index in [1.54, 1.807) is 121 Å². The first kappa shape index (κ1) is 72.1. The monoisotopic (exact) mass is 1410 g/mol. The molecule has 6 N–H and O–H groups in total. The molecule has 0 aliphatic carbocycles. The molecule has 3 saturated heterocycles. The number of halogens is 2. The van der Waals surface area contributed by atoms with E-state index < -0.39 is 33.4 Å². The first-order chi connectivity index (χ1) is 48.5. The molecular formula is C74H74ClFN12O12S. The van der Waals surface area contributed by atoms with Crippen LogP contribution in [0.5, 0.6) is 40.2 Å². The molecule has 0 unspecified atom stereocenters. The van der Waals surface area contributed by atoms with E-state index in [-0.39, 0.29) is 56.9 Å². The van der Waals surface area contributed by atoms with Crippen LogP contribution >= 0.6 is 11.6 Å². The molecule has 6 heterocycles. The fourth-order valence-electron chi connectivity index (χ4n) is 11.8. The maximum atomic E-state index is 13.6. The van der Waals surface area contributed by atoms with E-state index in [9.17, 15) is 41.6 Å². The fourth-order valence-corrected chi connectivity index (χ4v) is 12.6. The third kappa shape index (κ3) is 18.0. The Balaban J connectivity index is 0.000000163. The van der Waals surface area contributed by atoms with Gasteiger partial charge in [0.2, 0.25) is 17.7 Å². The number of piperidine rings is 3.